The highest BCUT2D eigenvalue weighted by molar-refractivity contribution is 8.00. The quantitative estimate of drug-likeness (QED) is 0.762. The summed E-state index contributed by atoms with van der Waals surface area (Å²) in [5, 5.41) is 2.78. The van der Waals surface area contributed by atoms with E-state index in [1.54, 1.807) is 11.8 Å². The minimum absolute atomic E-state index is 0.00265. The van der Waals surface area contributed by atoms with Crippen molar-refractivity contribution in [2.24, 2.45) is 23.2 Å². The molecule has 0 spiro atoms. The molecule has 5 rings (SSSR count). The number of benzene rings is 1. The topological polar surface area (TPSA) is 46.2 Å². The molecule has 1 amide bonds. The smallest absolute Gasteiger partial charge is 0.221 e. The van der Waals surface area contributed by atoms with Gasteiger partial charge in [0, 0.05) is 22.9 Å². The third-order valence-electron chi connectivity index (χ3n) is 6.42. The Morgan fingerprint density at radius 2 is 1.56 bits per heavy atom. The average molecular weight is 358 g/mol. The molecule has 0 saturated heterocycles. The molecular formula is C21H27NO2S. The first kappa shape index (κ1) is 17.1. The van der Waals surface area contributed by atoms with Crippen molar-refractivity contribution in [3.8, 4) is 0 Å². The van der Waals surface area contributed by atoms with E-state index in [-0.39, 0.29) is 16.6 Å². The first-order valence-electron chi connectivity index (χ1n) is 9.52. The summed E-state index contributed by atoms with van der Waals surface area (Å²) in [5.41, 5.74) is 0.786. The minimum Gasteiger partial charge on any atom is -0.326 e. The van der Waals surface area contributed by atoms with E-state index >= 15 is 0 Å². The fourth-order valence-corrected chi connectivity index (χ4v) is 6.98. The van der Waals surface area contributed by atoms with Crippen molar-refractivity contribution in [2.45, 2.75) is 62.5 Å². The number of nitrogens with one attached hydrogen (secondary N) is 1. The van der Waals surface area contributed by atoms with Gasteiger partial charge in [-0.3, -0.25) is 9.59 Å². The minimum atomic E-state index is -0.0641. The molecule has 1 unspecified atom stereocenters. The summed E-state index contributed by atoms with van der Waals surface area (Å²) in [4.78, 5) is 25.5. The van der Waals surface area contributed by atoms with Crippen molar-refractivity contribution in [3.63, 3.8) is 0 Å². The van der Waals surface area contributed by atoms with Gasteiger partial charge in [-0.1, -0.05) is 0 Å². The van der Waals surface area contributed by atoms with Crippen LogP contribution in [-0.4, -0.2) is 16.9 Å². The van der Waals surface area contributed by atoms with Crippen LogP contribution >= 0.6 is 11.8 Å². The van der Waals surface area contributed by atoms with Crippen molar-refractivity contribution in [3.05, 3.63) is 24.3 Å². The molecular weight excluding hydrogens is 330 g/mol. The van der Waals surface area contributed by atoms with Gasteiger partial charge in [-0.05, 0) is 87.5 Å². The summed E-state index contributed by atoms with van der Waals surface area (Å²) in [5.74, 6) is 2.85. The molecule has 134 valence electrons. The Labute approximate surface area is 154 Å². The predicted octanol–water partition coefficient (Wildman–Crippen LogP) is 4.91. The van der Waals surface area contributed by atoms with Crippen LogP contribution in [-0.2, 0) is 9.59 Å². The standard InChI is InChI=1S/C21H27NO2S/c1-13(25-19-5-3-18(4-6-19)22-14(2)23)20(24)21-10-15-7-16(11-21)9-17(8-15)12-21/h3-6,13,15-17H,7-12H2,1-2H3,(H,22,23). The second kappa shape index (κ2) is 6.46. The van der Waals surface area contributed by atoms with E-state index in [4.69, 9.17) is 0 Å². The molecule has 3 nitrogen and oxygen atoms in total. The Balaban J connectivity index is 1.43. The van der Waals surface area contributed by atoms with E-state index in [0.717, 1.165) is 47.6 Å². The lowest BCUT2D eigenvalue weighted by Gasteiger charge is -2.56. The van der Waals surface area contributed by atoms with Crippen LogP contribution in [0.4, 0.5) is 5.69 Å². The number of carbonyl (C=O) groups excluding carboxylic acids is 2. The first-order valence-corrected chi connectivity index (χ1v) is 10.4. The van der Waals surface area contributed by atoms with Gasteiger partial charge in [0.2, 0.25) is 5.91 Å². The summed E-state index contributed by atoms with van der Waals surface area (Å²) in [7, 11) is 0. The van der Waals surface area contributed by atoms with Gasteiger partial charge >= 0.3 is 0 Å². The van der Waals surface area contributed by atoms with E-state index < -0.39 is 0 Å². The van der Waals surface area contributed by atoms with Gasteiger partial charge in [-0.25, -0.2) is 0 Å². The molecule has 0 aliphatic heterocycles. The van der Waals surface area contributed by atoms with Gasteiger partial charge in [0.1, 0.15) is 0 Å². The molecule has 0 aromatic heterocycles. The zero-order chi connectivity index (χ0) is 17.6. The van der Waals surface area contributed by atoms with Gasteiger partial charge in [0.05, 0.1) is 5.25 Å². The second-order valence-electron chi connectivity index (χ2n) is 8.53. The fraction of sp³-hybridized carbons (Fsp3) is 0.619. The molecule has 4 aliphatic rings. The Hall–Kier alpha value is -1.29. The number of thioether (sulfide) groups is 1. The molecule has 4 heteroatoms. The normalized spacial score (nSPS) is 33.9. The number of amides is 1. The number of hydrogen-bond acceptors (Lipinski definition) is 3. The highest BCUT2D eigenvalue weighted by Crippen LogP contribution is 2.61. The van der Waals surface area contributed by atoms with E-state index in [0.29, 0.717) is 5.78 Å². The number of anilines is 1. The highest BCUT2D eigenvalue weighted by Gasteiger charge is 2.55. The molecule has 1 atom stereocenters. The van der Waals surface area contributed by atoms with Crippen LogP contribution in [0, 0.1) is 23.2 Å². The Morgan fingerprint density at radius 3 is 2.04 bits per heavy atom. The molecule has 1 N–H and O–H groups in total. The summed E-state index contributed by atoms with van der Waals surface area (Å²) in [6.07, 6.45) is 7.55. The Morgan fingerprint density at radius 1 is 1.04 bits per heavy atom. The summed E-state index contributed by atoms with van der Waals surface area (Å²) >= 11 is 1.67. The lowest BCUT2D eigenvalue weighted by atomic mass is 9.48. The molecule has 0 radical (unpaired) electrons. The SMILES string of the molecule is CC(=O)Nc1ccc(SC(C)C(=O)C23CC4CC(CC(C4)C2)C3)cc1. The number of carbonyl (C=O) groups is 2. The molecule has 0 heterocycles. The van der Waals surface area contributed by atoms with Crippen molar-refractivity contribution in [1.82, 2.24) is 0 Å². The van der Waals surface area contributed by atoms with Gasteiger partial charge in [-0.2, -0.15) is 0 Å². The number of ketones is 1. The van der Waals surface area contributed by atoms with Crippen LogP contribution in [0.25, 0.3) is 0 Å². The summed E-state index contributed by atoms with van der Waals surface area (Å²) in [6, 6.07) is 7.82. The van der Waals surface area contributed by atoms with Gasteiger partial charge < -0.3 is 5.32 Å². The highest BCUT2D eigenvalue weighted by atomic mass is 32.2. The number of hydrogen-bond donors (Lipinski definition) is 1. The van der Waals surface area contributed by atoms with E-state index in [9.17, 15) is 9.59 Å². The summed E-state index contributed by atoms with van der Waals surface area (Å²) in [6.45, 7) is 3.59. The third-order valence-corrected chi connectivity index (χ3v) is 7.53. The van der Waals surface area contributed by atoms with E-state index in [2.05, 4.69) is 12.2 Å². The molecule has 4 aliphatic carbocycles. The maximum atomic E-state index is 13.3. The largest absolute Gasteiger partial charge is 0.326 e. The zero-order valence-electron chi connectivity index (χ0n) is 15.1. The maximum Gasteiger partial charge on any atom is 0.221 e. The van der Waals surface area contributed by atoms with Crippen LogP contribution in [0.2, 0.25) is 0 Å². The Bertz CT molecular complexity index is 646. The van der Waals surface area contributed by atoms with Crippen LogP contribution in [0.5, 0.6) is 0 Å². The van der Waals surface area contributed by atoms with Crippen LogP contribution in [0.1, 0.15) is 52.4 Å². The number of rotatable bonds is 5. The van der Waals surface area contributed by atoms with Gasteiger partial charge in [0.15, 0.2) is 5.78 Å². The average Bonchev–Trinajstić information content (AvgIpc) is 2.54. The van der Waals surface area contributed by atoms with Crippen molar-refractivity contribution < 1.29 is 9.59 Å². The molecule has 25 heavy (non-hydrogen) atoms. The monoisotopic (exact) mass is 357 g/mol. The van der Waals surface area contributed by atoms with Crippen molar-refractivity contribution >= 4 is 29.1 Å². The fourth-order valence-electron chi connectivity index (χ4n) is 5.92. The molecule has 4 saturated carbocycles. The van der Waals surface area contributed by atoms with Crippen LogP contribution < -0.4 is 5.32 Å². The third kappa shape index (κ3) is 3.38. The van der Waals surface area contributed by atoms with Gasteiger partial charge in [-0.15, -0.1) is 11.8 Å². The Kier molecular flexibility index (Phi) is 4.43. The molecule has 1 aromatic carbocycles. The molecule has 1 aromatic rings. The maximum absolute atomic E-state index is 13.3. The lowest BCUT2D eigenvalue weighted by Crippen LogP contribution is -2.51. The molecule has 4 fully saturated rings. The predicted molar refractivity (Wildman–Crippen MR) is 102 cm³/mol. The van der Waals surface area contributed by atoms with E-state index in [1.807, 2.05) is 24.3 Å². The van der Waals surface area contributed by atoms with Crippen molar-refractivity contribution in [1.29, 1.82) is 0 Å². The number of Topliss-reactive ketones (excluding diaryl/α,β-unsaturated/α-hetero) is 1. The van der Waals surface area contributed by atoms with Gasteiger partial charge in [0.25, 0.3) is 0 Å². The van der Waals surface area contributed by atoms with E-state index in [1.165, 1.54) is 26.2 Å². The zero-order valence-corrected chi connectivity index (χ0v) is 15.9. The van der Waals surface area contributed by atoms with Crippen molar-refractivity contribution in [2.75, 3.05) is 5.32 Å². The second-order valence-corrected chi connectivity index (χ2v) is 9.94. The molecule has 4 bridgehead atoms. The lowest BCUT2D eigenvalue weighted by molar-refractivity contribution is -0.143. The summed E-state index contributed by atoms with van der Waals surface area (Å²) < 4.78 is 0. The van der Waals surface area contributed by atoms with Crippen LogP contribution in [0.15, 0.2) is 29.2 Å². The van der Waals surface area contributed by atoms with Crippen LogP contribution in [0.3, 0.4) is 0 Å². The first-order chi connectivity index (χ1) is 11.9.